The molecule has 1 aliphatic carbocycles. The van der Waals surface area contributed by atoms with Crippen LogP contribution in [0.25, 0.3) is 0 Å². The van der Waals surface area contributed by atoms with Gasteiger partial charge in [-0.05, 0) is 30.5 Å². The highest BCUT2D eigenvalue weighted by Gasteiger charge is 2.40. The van der Waals surface area contributed by atoms with E-state index in [9.17, 15) is 0 Å². The highest BCUT2D eigenvalue weighted by atomic mass is 32.2. The Morgan fingerprint density at radius 3 is 2.42 bits per heavy atom. The maximum Gasteiger partial charge on any atom is 0.0991 e. The number of nitrogens with zero attached hydrogens (tertiary/aromatic N) is 2. The second-order valence-electron chi connectivity index (χ2n) is 5.37. The molecule has 1 saturated carbocycles. The van der Waals surface area contributed by atoms with Crippen molar-refractivity contribution in [1.82, 2.24) is 0 Å². The van der Waals surface area contributed by atoms with Gasteiger partial charge in [0.25, 0.3) is 0 Å². The fourth-order valence-corrected chi connectivity index (χ4v) is 4.43. The number of hydrogen-bond donors (Lipinski definition) is 0. The molecule has 0 saturated heterocycles. The fourth-order valence-electron chi connectivity index (χ4n) is 3.27. The van der Waals surface area contributed by atoms with E-state index in [0.29, 0.717) is 0 Å². The van der Waals surface area contributed by atoms with Crippen LogP contribution in [0.5, 0.6) is 0 Å². The first kappa shape index (κ1) is 12.7. The van der Waals surface area contributed by atoms with E-state index in [-0.39, 0.29) is 5.41 Å². The third-order valence-electron chi connectivity index (χ3n) is 4.27. The summed E-state index contributed by atoms with van der Waals surface area (Å²) in [5, 5.41) is 10.3. The molecule has 1 fully saturated rings. The average Bonchev–Trinajstić information content (AvgIpc) is 3.03. The third kappa shape index (κ3) is 2.30. The van der Waals surface area contributed by atoms with Gasteiger partial charge in [0.15, 0.2) is 0 Å². The molecule has 0 aromatic heterocycles. The maximum atomic E-state index is 8.94. The van der Waals surface area contributed by atoms with Crippen molar-refractivity contribution < 1.29 is 0 Å². The highest BCUT2D eigenvalue weighted by Crippen LogP contribution is 2.44. The number of aliphatic imine (C=N–C) groups is 1. The normalized spacial score (nSPS) is 21.7. The molecule has 3 rings (SSSR count). The lowest BCUT2D eigenvalue weighted by Crippen LogP contribution is -2.35. The molecule has 2 aliphatic rings. The van der Waals surface area contributed by atoms with Gasteiger partial charge in [0.2, 0.25) is 0 Å². The van der Waals surface area contributed by atoms with E-state index in [0.717, 1.165) is 17.9 Å². The SMILES string of the molecule is N#Cc1ccc(C2(C3=NCCS3)CCCCC2)cc1. The summed E-state index contributed by atoms with van der Waals surface area (Å²) in [6.07, 6.45) is 6.35. The minimum Gasteiger partial charge on any atom is -0.281 e. The Balaban J connectivity index is 2.00. The molecule has 19 heavy (non-hydrogen) atoms. The number of thioether (sulfide) groups is 1. The molecule has 0 unspecified atom stereocenters. The van der Waals surface area contributed by atoms with Crippen molar-refractivity contribution in [3.05, 3.63) is 35.4 Å². The lowest BCUT2D eigenvalue weighted by Gasteiger charge is -2.37. The monoisotopic (exact) mass is 270 g/mol. The minimum absolute atomic E-state index is 0.146. The number of nitriles is 1. The van der Waals surface area contributed by atoms with E-state index in [4.69, 9.17) is 10.3 Å². The van der Waals surface area contributed by atoms with Crippen molar-refractivity contribution in [2.45, 2.75) is 37.5 Å². The molecule has 3 heteroatoms. The van der Waals surface area contributed by atoms with Crippen LogP contribution in [-0.2, 0) is 5.41 Å². The molecule has 2 nitrogen and oxygen atoms in total. The second-order valence-corrected chi connectivity index (χ2v) is 6.45. The molecule has 1 heterocycles. The Kier molecular flexibility index (Phi) is 3.61. The van der Waals surface area contributed by atoms with E-state index in [1.165, 1.54) is 42.7 Å². The topological polar surface area (TPSA) is 36.1 Å². The molecule has 0 spiro atoms. The van der Waals surface area contributed by atoms with Gasteiger partial charge in [-0.25, -0.2) is 0 Å². The van der Waals surface area contributed by atoms with Gasteiger partial charge in [0.1, 0.15) is 0 Å². The lowest BCUT2D eigenvalue weighted by molar-refractivity contribution is 0.384. The van der Waals surface area contributed by atoms with Gasteiger partial charge >= 0.3 is 0 Å². The molecular weight excluding hydrogens is 252 g/mol. The van der Waals surface area contributed by atoms with E-state index in [1.807, 2.05) is 23.9 Å². The van der Waals surface area contributed by atoms with Crippen LogP contribution in [-0.4, -0.2) is 17.3 Å². The zero-order valence-electron chi connectivity index (χ0n) is 11.1. The summed E-state index contributed by atoms with van der Waals surface area (Å²) in [5.74, 6) is 1.13. The molecule has 1 aromatic carbocycles. The number of rotatable bonds is 2. The Morgan fingerprint density at radius 2 is 1.84 bits per heavy atom. The maximum absolute atomic E-state index is 8.94. The third-order valence-corrected chi connectivity index (χ3v) is 5.45. The zero-order valence-corrected chi connectivity index (χ0v) is 11.9. The molecule has 98 valence electrons. The molecule has 0 N–H and O–H groups in total. The van der Waals surface area contributed by atoms with Crippen LogP contribution in [0.1, 0.15) is 43.2 Å². The quantitative estimate of drug-likeness (QED) is 0.817. The van der Waals surface area contributed by atoms with Crippen molar-refractivity contribution in [2.75, 3.05) is 12.3 Å². The van der Waals surface area contributed by atoms with Crippen LogP contribution in [0.3, 0.4) is 0 Å². The number of hydrogen-bond acceptors (Lipinski definition) is 3. The predicted molar refractivity (Wildman–Crippen MR) is 80.7 cm³/mol. The smallest absolute Gasteiger partial charge is 0.0991 e. The summed E-state index contributed by atoms with van der Waals surface area (Å²) in [5.41, 5.74) is 2.25. The molecule has 0 atom stereocenters. The van der Waals surface area contributed by atoms with Crippen LogP contribution in [0.2, 0.25) is 0 Å². The van der Waals surface area contributed by atoms with E-state index in [1.54, 1.807) is 0 Å². The lowest BCUT2D eigenvalue weighted by atomic mass is 9.70. The second kappa shape index (κ2) is 5.38. The van der Waals surface area contributed by atoms with E-state index < -0.39 is 0 Å². The summed E-state index contributed by atoms with van der Waals surface area (Å²) < 4.78 is 0. The van der Waals surface area contributed by atoms with Crippen LogP contribution in [0.15, 0.2) is 29.3 Å². The van der Waals surface area contributed by atoms with Crippen LogP contribution >= 0.6 is 11.8 Å². The fraction of sp³-hybridized carbons (Fsp3) is 0.500. The predicted octanol–water partition coefficient (Wildman–Crippen LogP) is 3.91. The molecule has 0 bridgehead atoms. The summed E-state index contributed by atoms with van der Waals surface area (Å²) >= 11 is 1.94. The van der Waals surface area contributed by atoms with Crippen molar-refractivity contribution in [2.24, 2.45) is 4.99 Å². The zero-order chi connectivity index (χ0) is 13.1. The molecule has 1 aromatic rings. The Labute approximate surface area is 118 Å². The van der Waals surface area contributed by atoms with Gasteiger partial charge in [0.05, 0.1) is 16.7 Å². The van der Waals surface area contributed by atoms with Gasteiger partial charge in [-0.3, -0.25) is 4.99 Å². The first-order valence-electron chi connectivity index (χ1n) is 7.03. The Hall–Kier alpha value is -1.27. The average molecular weight is 270 g/mol. The van der Waals surface area contributed by atoms with Crippen LogP contribution < -0.4 is 0 Å². The van der Waals surface area contributed by atoms with E-state index >= 15 is 0 Å². The van der Waals surface area contributed by atoms with Gasteiger partial charge in [0, 0.05) is 17.7 Å². The standard InChI is InChI=1S/C16H18N2S/c17-12-13-4-6-14(7-5-13)16(8-2-1-3-9-16)15-18-10-11-19-15/h4-7H,1-3,8-11H2. The number of benzene rings is 1. The first-order chi connectivity index (χ1) is 9.35. The summed E-state index contributed by atoms with van der Waals surface area (Å²) in [7, 11) is 0. The molecule has 0 amide bonds. The largest absolute Gasteiger partial charge is 0.281 e. The first-order valence-corrected chi connectivity index (χ1v) is 8.02. The van der Waals surface area contributed by atoms with Gasteiger partial charge in [-0.1, -0.05) is 31.4 Å². The van der Waals surface area contributed by atoms with Crippen molar-refractivity contribution >= 4 is 16.8 Å². The summed E-state index contributed by atoms with van der Waals surface area (Å²) in [6.45, 7) is 0.970. The minimum atomic E-state index is 0.146. The highest BCUT2D eigenvalue weighted by molar-refractivity contribution is 8.14. The Bertz CT molecular complexity index is 519. The molecule has 0 radical (unpaired) electrons. The molecular formula is C16H18N2S. The van der Waals surface area contributed by atoms with Crippen LogP contribution in [0.4, 0.5) is 0 Å². The summed E-state index contributed by atoms with van der Waals surface area (Å²) in [4.78, 5) is 4.77. The Morgan fingerprint density at radius 1 is 1.11 bits per heavy atom. The van der Waals surface area contributed by atoms with Gasteiger partial charge in [-0.2, -0.15) is 5.26 Å². The van der Waals surface area contributed by atoms with Gasteiger partial charge in [-0.15, -0.1) is 11.8 Å². The molecule has 1 aliphatic heterocycles. The van der Waals surface area contributed by atoms with Crippen LogP contribution in [0, 0.1) is 11.3 Å². The van der Waals surface area contributed by atoms with Gasteiger partial charge < -0.3 is 0 Å². The van der Waals surface area contributed by atoms with Crippen molar-refractivity contribution in [3.8, 4) is 6.07 Å². The van der Waals surface area contributed by atoms with E-state index in [2.05, 4.69) is 18.2 Å². The van der Waals surface area contributed by atoms with Crippen molar-refractivity contribution in [3.63, 3.8) is 0 Å². The van der Waals surface area contributed by atoms with Crippen molar-refractivity contribution in [1.29, 1.82) is 5.26 Å². The summed E-state index contributed by atoms with van der Waals surface area (Å²) in [6, 6.07) is 10.4.